The first-order chi connectivity index (χ1) is 14.6. The van der Waals surface area contributed by atoms with Crippen molar-refractivity contribution in [3.8, 4) is 11.4 Å². The molecule has 0 radical (unpaired) electrons. The van der Waals surface area contributed by atoms with Gasteiger partial charge in [0.2, 0.25) is 0 Å². The number of aromatic nitrogens is 3. The van der Waals surface area contributed by atoms with Crippen LogP contribution in [0.2, 0.25) is 0 Å². The summed E-state index contributed by atoms with van der Waals surface area (Å²) in [6.45, 7) is 4.26. The Hall–Kier alpha value is -3.58. The van der Waals surface area contributed by atoms with Crippen LogP contribution in [0.25, 0.3) is 22.3 Å². The van der Waals surface area contributed by atoms with E-state index in [4.69, 9.17) is 4.98 Å². The Kier molecular flexibility index (Phi) is 4.52. The molecule has 30 heavy (non-hydrogen) atoms. The van der Waals surface area contributed by atoms with Crippen molar-refractivity contribution in [2.24, 2.45) is 0 Å². The van der Waals surface area contributed by atoms with E-state index in [2.05, 4.69) is 33.9 Å². The number of nitro groups is 1. The van der Waals surface area contributed by atoms with Crippen LogP contribution in [0.15, 0.2) is 54.9 Å². The summed E-state index contributed by atoms with van der Waals surface area (Å²) in [7, 11) is 0. The van der Waals surface area contributed by atoms with Gasteiger partial charge in [-0.25, -0.2) is 9.97 Å². The number of aryl methyl sites for hydroxylation is 1. The molecule has 4 aromatic rings. The van der Waals surface area contributed by atoms with Gasteiger partial charge in [0, 0.05) is 43.7 Å². The van der Waals surface area contributed by atoms with E-state index in [0.29, 0.717) is 18.5 Å². The van der Waals surface area contributed by atoms with Gasteiger partial charge in [-0.05, 0) is 30.5 Å². The Morgan fingerprint density at radius 2 is 2.03 bits per heavy atom. The number of nitro benzene ring substituents is 1. The summed E-state index contributed by atoms with van der Waals surface area (Å²) in [6.07, 6.45) is 4.68. The molecular weight excluding hydrogens is 378 g/mol. The molecule has 0 saturated heterocycles. The van der Waals surface area contributed by atoms with Gasteiger partial charge < -0.3 is 4.98 Å². The molecule has 1 aliphatic heterocycles. The second kappa shape index (κ2) is 7.35. The molecule has 2 aromatic heterocycles. The SMILES string of the molecule is Cc1ccc(-c2ncc3c(n2)CN(Cc2c[nH]c4cccc([N+](=O)[O-])c24)CC3)cc1. The molecular formula is C23H21N5O2. The molecule has 0 fully saturated rings. The van der Waals surface area contributed by atoms with Crippen molar-refractivity contribution in [2.75, 3.05) is 6.54 Å². The van der Waals surface area contributed by atoms with Crippen molar-refractivity contribution in [1.29, 1.82) is 0 Å². The average molecular weight is 399 g/mol. The second-order valence-corrected chi connectivity index (χ2v) is 7.76. The number of hydrogen-bond donors (Lipinski definition) is 1. The van der Waals surface area contributed by atoms with Crippen LogP contribution in [-0.2, 0) is 19.5 Å². The highest BCUT2D eigenvalue weighted by molar-refractivity contribution is 5.91. The molecule has 0 spiro atoms. The maximum Gasteiger partial charge on any atom is 0.279 e. The Bertz CT molecular complexity index is 1250. The van der Waals surface area contributed by atoms with Crippen LogP contribution < -0.4 is 0 Å². The third-order valence-electron chi connectivity index (χ3n) is 5.69. The molecule has 2 aromatic carbocycles. The summed E-state index contributed by atoms with van der Waals surface area (Å²) >= 11 is 0. The first-order valence-electron chi connectivity index (χ1n) is 9.96. The third-order valence-corrected chi connectivity index (χ3v) is 5.69. The molecule has 5 rings (SSSR count). The lowest BCUT2D eigenvalue weighted by molar-refractivity contribution is -0.383. The lowest BCUT2D eigenvalue weighted by Gasteiger charge is -2.27. The Balaban J connectivity index is 1.42. The Morgan fingerprint density at radius 1 is 1.20 bits per heavy atom. The van der Waals surface area contributed by atoms with E-state index < -0.39 is 0 Å². The van der Waals surface area contributed by atoms with Crippen LogP contribution in [0.3, 0.4) is 0 Å². The number of nitrogens with one attached hydrogen (secondary N) is 1. The molecule has 7 heteroatoms. The predicted molar refractivity (Wildman–Crippen MR) is 115 cm³/mol. The maximum atomic E-state index is 11.5. The van der Waals surface area contributed by atoms with Crippen molar-refractivity contribution in [2.45, 2.75) is 26.4 Å². The van der Waals surface area contributed by atoms with Gasteiger partial charge in [0.25, 0.3) is 5.69 Å². The molecule has 0 saturated carbocycles. The van der Waals surface area contributed by atoms with Crippen molar-refractivity contribution < 1.29 is 4.92 Å². The summed E-state index contributed by atoms with van der Waals surface area (Å²) in [5, 5.41) is 12.2. The minimum atomic E-state index is -0.313. The monoisotopic (exact) mass is 399 g/mol. The zero-order valence-electron chi connectivity index (χ0n) is 16.6. The van der Waals surface area contributed by atoms with Gasteiger partial charge in [0.05, 0.1) is 21.5 Å². The zero-order chi connectivity index (χ0) is 20.7. The molecule has 150 valence electrons. The number of hydrogen-bond acceptors (Lipinski definition) is 5. The molecule has 7 nitrogen and oxygen atoms in total. The quantitative estimate of drug-likeness (QED) is 0.406. The number of non-ortho nitro benzene ring substituents is 1. The highest BCUT2D eigenvalue weighted by atomic mass is 16.6. The smallest absolute Gasteiger partial charge is 0.279 e. The lowest BCUT2D eigenvalue weighted by Crippen LogP contribution is -2.31. The lowest BCUT2D eigenvalue weighted by atomic mass is 10.0. The summed E-state index contributed by atoms with van der Waals surface area (Å²) in [5.74, 6) is 0.735. The van der Waals surface area contributed by atoms with Crippen LogP contribution in [0.5, 0.6) is 0 Å². The zero-order valence-corrected chi connectivity index (χ0v) is 16.6. The minimum Gasteiger partial charge on any atom is -0.361 e. The summed E-state index contributed by atoms with van der Waals surface area (Å²) < 4.78 is 0. The molecule has 0 amide bonds. The fourth-order valence-corrected chi connectivity index (χ4v) is 4.09. The van der Waals surface area contributed by atoms with Crippen molar-refractivity contribution in [1.82, 2.24) is 19.9 Å². The van der Waals surface area contributed by atoms with Gasteiger partial charge in [-0.1, -0.05) is 35.9 Å². The molecule has 0 atom stereocenters. The normalized spacial score (nSPS) is 14.0. The topological polar surface area (TPSA) is 88.0 Å². The standard InChI is InChI=1S/C23H21N5O2/c1-15-5-7-16(8-6-15)23-25-11-17-9-10-27(14-20(17)26-23)13-18-12-24-19-3-2-4-21(22(18)19)28(29)30/h2-8,11-12,24H,9-10,13-14H2,1H3. The van der Waals surface area contributed by atoms with Gasteiger partial charge in [-0.3, -0.25) is 15.0 Å². The van der Waals surface area contributed by atoms with Gasteiger partial charge >= 0.3 is 0 Å². The van der Waals surface area contributed by atoms with Gasteiger partial charge in [-0.15, -0.1) is 0 Å². The largest absolute Gasteiger partial charge is 0.361 e. The van der Waals surface area contributed by atoms with E-state index in [0.717, 1.165) is 41.1 Å². The summed E-state index contributed by atoms with van der Waals surface area (Å²) in [4.78, 5) is 26.0. The van der Waals surface area contributed by atoms with Gasteiger partial charge in [0.15, 0.2) is 5.82 Å². The first kappa shape index (κ1) is 18.4. The first-order valence-corrected chi connectivity index (χ1v) is 9.96. The highest BCUT2D eigenvalue weighted by Crippen LogP contribution is 2.30. The maximum absolute atomic E-state index is 11.5. The Morgan fingerprint density at radius 3 is 2.83 bits per heavy atom. The van der Waals surface area contributed by atoms with E-state index in [1.165, 1.54) is 11.1 Å². The van der Waals surface area contributed by atoms with Gasteiger partial charge in [-0.2, -0.15) is 0 Å². The molecule has 1 N–H and O–H groups in total. The van der Waals surface area contributed by atoms with Crippen LogP contribution in [0.1, 0.15) is 22.4 Å². The predicted octanol–water partition coefficient (Wildman–Crippen LogP) is 4.40. The van der Waals surface area contributed by atoms with Crippen LogP contribution in [-0.4, -0.2) is 31.3 Å². The fraction of sp³-hybridized carbons (Fsp3) is 0.217. The van der Waals surface area contributed by atoms with E-state index in [1.54, 1.807) is 12.1 Å². The van der Waals surface area contributed by atoms with E-state index in [9.17, 15) is 10.1 Å². The van der Waals surface area contributed by atoms with Crippen molar-refractivity contribution >= 4 is 16.6 Å². The van der Waals surface area contributed by atoms with E-state index in [1.807, 2.05) is 30.6 Å². The number of H-pyrrole nitrogens is 1. The number of benzene rings is 2. The minimum absolute atomic E-state index is 0.144. The van der Waals surface area contributed by atoms with E-state index in [-0.39, 0.29) is 10.6 Å². The van der Waals surface area contributed by atoms with Crippen molar-refractivity contribution in [3.63, 3.8) is 0 Å². The van der Waals surface area contributed by atoms with Gasteiger partial charge in [0.1, 0.15) is 0 Å². The fourth-order valence-electron chi connectivity index (χ4n) is 4.09. The van der Waals surface area contributed by atoms with Crippen LogP contribution in [0, 0.1) is 17.0 Å². The van der Waals surface area contributed by atoms with Crippen molar-refractivity contribution in [3.05, 3.63) is 87.4 Å². The van der Waals surface area contributed by atoms with Crippen LogP contribution in [0.4, 0.5) is 5.69 Å². The number of aromatic amines is 1. The number of nitrogens with zero attached hydrogens (tertiary/aromatic N) is 4. The second-order valence-electron chi connectivity index (χ2n) is 7.76. The number of fused-ring (bicyclic) bond motifs is 2. The Labute approximate surface area is 173 Å². The van der Waals surface area contributed by atoms with Crippen LogP contribution >= 0.6 is 0 Å². The molecule has 1 aliphatic rings. The molecule has 3 heterocycles. The molecule has 0 bridgehead atoms. The molecule has 0 unspecified atom stereocenters. The third kappa shape index (κ3) is 3.33. The molecule has 0 aliphatic carbocycles. The highest BCUT2D eigenvalue weighted by Gasteiger charge is 2.22. The average Bonchev–Trinajstić information content (AvgIpc) is 3.16. The summed E-state index contributed by atoms with van der Waals surface area (Å²) in [5.41, 5.74) is 6.29. The summed E-state index contributed by atoms with van der Waals surface area (Å²) in [6, 6.07) is 13.4. The number of rotatable bonds is 4. The van der Waals surface area contributed by atoms with E-state index >= 15 is 0 Å².